The predicted molar refractivity (Wildman–Crippen MR) is 126 cm³/mol. The molecule has 3 heterocycles. The Bertz CT molecular complexity index is 1310. The molecule has 4 aromatic rings. The summed E-state index contributed by atoms with van der Waals surface area (Å²) < 4.78 is 21.3. The van der Waals surface area contributed by atoms with Crippen molar-refractivity contribution >= 4 is 38.0 Å². The van der Waals surface area contributed by atoms with Gasteiger partial charge in [0.2, 0.25) is 0 Å². The van der Waals surface area contributed by atoms with Gasteiger partial charge in [-0.1, -0.05) is 30.3 Å². The highest BCUT2D eigenvalue weighted by atomic mass is 32.3. The topological polar surface area (TPSA) is 91.5 Å². The molecule has 0 spiro atoms. The lowest BCUT2D eigenvalue weighted by Gasteiger charge is -2.42. The summed E-state index contributed by atoms with van der Waals surface area (Å²) in [6.45, 7) is 1.56. The average molecular weight is 437 g/mol. The van der Waals surface area contributed by atoms with Gasteiger partial charge in [-0.3, -0.25) is 18.9 Å². The molecular weight excluding hydrogens is 412 g/mol. The first-order chi connectivity index (χ1) is 15.0. The fourth-order valence-corrected chi connectivity index (χ4v) is 5.29. The standard InChI is InChI=1S/C23H24N4O3S/c28-23-19-5-3-7-22(26-12-14-31(29,30)15-13-26)20(19)16-24-27(23)11-10-18-9-8-17-4-1-2-6-21(17)25-18/h1-9,16,29-30H,10-15H2. The van der Waals surface area contributed by atoms with Gasteiger partial charge in [-0.25, -0.2) is 4.68 Å². The van der Waals surface area contributed by atoms with Crippen LogP contribution in [0.25, 0.3) is 21.7 Å². The number of benzene rings is 2. The molecule has 2 aromatic carbocycles. The second-order valence-electron chi connectivity index (χ2n) is 7.85. The van der Waals surface area contributed by atoms with Crippen molar-refractivity contribution in [3.8, 4) is 0 Å². The van der Waals surface area contributed by atoms with Crippen LogP contribution in [0.3, 0.4) is 0 Å². The van der Waals surface area contributed by atoms with E-state index in [0.29, 0.717) is 42.9 Å². The van der Waals surface area contributed by atoms with Crippen molar-refractivity contribution in [2.45, 2.75) is 13.0 Å². The Morgan fingerprint density at radius 2 is 1.74 bits per heavy atom. The lowest BCUT2D eigenvalue weighted by molar-refractivity contribution is 0.479. The fraction of sp³-hybridized carbons (Fsp3) is 0.261. The van der Waals surface area contributed by atoms with Gasteiger partial charge in [0.25, 0.3) is 5.56 Å². The van der Waals surface area contributed by atoms with Crippen LogP contribution < -0.4 is 10.5 Å². The molecule has 7 nitrogen and oxygen atoms in total. The Morgan fingerprint density at radius 3 is 2.58 bits per heavy atom. The number of nitrogens with zero attached hydrogens (tertiary/aromatic N) is 4. The van der Waals surface area contributed by atoms with Crippen molar-refractivity contribution in [3.63, 3.8) is 0 Å². The van der Waals surface area contributed by atoms with Gasteiger partial charge in [0, 0.05) is 41.7 Å². The second kappa shape index (κ2) is 7.96. The van der Waals surface area contributed by atoms with Crippen molar-refractivity contribution in [2.24, 2.45) is 0 Å². The first-order valence-corrected chi connectivity index (χ1v) is 12.2. The van der Waals surface area contributed by atoms with E-state index < -0.39 is 10.6 Å². The first kappa shape index (κ1) is 20.0. The highest BCUT2D eigenvalue weighted by Crippen LogP contribution is 2.41. The van der Waals surface area contributed by atoms with Gasteiger partial charge in [-0.2, -0.15) is 15.7 Å². The third-order valence-corrected chi connectivity index (χ3v) is 7.50. The number of rotatable bonds is 4. The van der Waals surface area contributed by atoms with E-state index in [1.54, 1.807) is 6.20 Å². The number of aryl methyl sites for hydroxylation is 2. The zero-order valence-electron chi connectivity index (χ0n) is 17.0. The molecule has 0 amide bonds. The molecule has 1 saturated heterocycles. The lowest BCUT2D eigenvalue weighted by atomic mass is 10.1. The monoisotopic (exact) mass is 436 g/mol. The van der Waals surface area contributed by atoms with Crippen molar-refractivity contribution in [2.75, 3.05) is 29.5 Å². The van der Waals surface area contributed by atoms with Crippen LogP contribution in [0.5, 0.6) is 0 Å². The van der Waals surface area contributed by atoms with Crippen molar-refractivity contribution in [3.05, 3.63) is 76.8 Å². The molecule has 0 unspecified atom stereocenters. The number of para-hydroxylation sites is 1. The van der Waals surface area contributed by atoms with Crippen LogP contribution in [0.2, 0.25) is 0 Å². The summed E-state index contributed by atoms with van der Waals surface area (Å²) in [6.07, 6.45) is 2.36. The van der Waals surface area contributed by atoms with Crippen LogP contribution in [-0.2, 0) is 13.0 Å². The maximum atomic E-state index is 13.1. The maximum Gasteiger partial charge on any atom is 0.274 e. The Kier molecular flexibility index (Phi) is 5.13. The highest BCUT2D eigenvalue weighted by molar-refractivity contribution is 8.24. The molecule has 1 aliphatic rings. The van der Waals surface area contributed by atoms with Gasteiger partial charge < -0.3 is 4.90 Å². The Balaban J connectivity index is 1.40. The molecule has 0 atom stereocenters. The smallest absolute Gasteiger partial charge is 0.274 e. The van der Waals surface area contributed by atoms with Gasteiger partial charge in [-0.15, -0.1) is 0 Å². The van der Waals surface area contributed by atoms with E-state index in [2.05, 4.69) is 15.0 Å². The van der Waals surface area contributed by atoms with E-state index >= 15 is 0 Å². The summed E-state index contributed by atoms with van der Waals surface area (Å²) in [5.74, 6) is 0.708. The number of aromatic nitrogens is 3. The van der Waals surface area contributed by atoms with Gasteiger partial charge in [-0.05, 0) is 24.3 Å². The molecule has 0 saturated carbocycles. The summed E-state index contributed by atoms with van der Waals surface area (Å²) in [4.78, 5) is 19.9. The number of anilines is 1. The van der Waals surface area contributed by atoms with E-state index in [1.165, 1.54) is 4.68 Å². The Hall–Kier alpha value is -2.94. The maximum absolute atomic E-state index is 13.1. The van der Waals surface area contributed by atoms with E-state index in [0.717, 1.165) is 27.7 Å². The Morgan fingerprint density at radius 1 is 0.935 bits per heavy atom. The van der Waals surface area contributed by atoms with Crippen LogP contribution >= 0.6 is 10.6 Å². The average Bonchev–Trinajstić information content (AvgIpc) is 2.78. The van der Waals surface area contributed by atoms with E-state index in [1.807, 2.05) is 54.6 Å². The number of hydrogen-bond donors (Lipinski definition) is 2. The summed E-state index contributed by atoms with van der Waals surface area (Å²) in [6, 6.07) is 17.7. The van der Waals surface area contributed by atoms with Gasteiger partial charge in [0.15, 0.2) is 0 Å². The van der Waals surface area contributed by atoms with Crippen molar-refractivity contribution < 1.29 is 9.11 Å². The van der Waals surface area contributed by atoms with Gasteiger partial charge in [0.1, 0.15) is 0 Å². The Labute approximate surface area is 181 Å². The minimum Gasteiger partial charge on any atom is -0.368 e. The van der Waals surface area contributed by atoms with Gasteiger partial charge in [0.05, 0.1) is 35.2 Å². The van der Waals surface area contributed by atoms with Crippen molar-refractivity contribution in [1.29, 1.82) is 0 Å². The minimum atomic E-state index is -2.47. The number of fused-ring (bicyclic) bond motifs is 2. The largest absolute Gasteiger partial charge is 0.368 e. The zero-order valence-corrected chi connectivity index (χ0v) is 17.8. The quantitative estimate of drug-likeness (QED) is 0.506. The normalized spacial score (nSPS) is 17.2. The third kappa shape index (κ3) is 4.01. The molecule has 5 rings (SSSR count). The van der Waals surface area contributed by atoms with E-state index in [-0.39, 0.29) is 5.56 Å². The predicted octanol–water partition coefficient (Wildman–Crippen LogP) is 3.76. The van der Waals surface area contributed by atoms with Crippen LogP contribution in [0.15, 0.2) is 65.6 Å². The fourth-order valence-electron chi connectivity index (χ4n) is 4.06. The number of hydrogen-bond acceptors (Lipinski definition) is 6. The molecule has 0 aliphatic carbocycles. The molecule has 1 fully saturated rings. The summed E-state index contributed by atoms with van der Waals surface area (Å²) >= 11 is 0. The summed E-state index contributed by atoms with van der Waals surface area (Å²) in [5, 5.41) is 6.94. The minimum absolute atomic E-state index is 0.124. The zero-order chi connectivity index (χ0) is 21.4. The van der Waals surface area contributed by atoms with Crippen LogP contribution in [0.4, 0.5) is 5.69 Å². The van der Waals surface area contributed by atoms with Crippen LogP contribution in [0.1, 0.15) is 5.69 Å². The summed E-state index contributed by atoms with van der Waals surface area (Å²) in [5.41, 5.74) is 2.66. The summed E-state index contributed by atoms with van der Waals surface area (Å²) in [7, 11) is -2.47. The van der Waals surface area contributed by atoms with E-state index in [4.69, 9.17) is 0 Å². The molecular formula is C23H24N4O3S. The molecule has 2 aromatic heterocycles. The SMILES string of the molecule is O=c1c2cccc(N3CCS(O)(O)CC3)c2cnn1CCc1ccc2ccccc2n1. The van der Waals surface area contributed by atoms with Gasteiger partial charge >= 0.3 is 0 Å². The van der Waals surface area contributed by atoms with Crippen LogP contribution in [0, 0.1) is 0 Å². The van der Waals surface area contributed by atoms with Crippen molar-refractivity contribution in [1.82, 2.24) is 14.8 Å². The molecule has 0 radical (unpaired) electrons. The first-order valence-electron chi connectivity index (χ1n) is 10.3. The molecule has 160 valence electrons. The molecule has 0 bridgehead atoms. The molecule has 2 N–H and O–H groups in total. The highest BCUT2D eigenvalue weighted by Gasteiger charge is 2.23. The molecule has 1 aliphatic heterocycles. The van der Waals surface area contributed by atoms with Crippen LogP contribution in [-0.4, -0.2) is 48.5 Å². The third-order valence-electron chi connectivity index (χ3n) is 5.83. The molecule has 31 heavy (non-hydrogen) atoms. The number of pyridine rings is 1. The lowest BCUT2D eigenvalue weighted by Crippen LogP contribution is -2.38. The second-order valence-corrected chi connectivity index (χ2v) is 10.3. The molecule has 8 heteroatoms. The van der Waals surface area contributed by atoms with E-state index in [9.17, 15) is 13.9 Å².